The van der Waals surface area contributed by atoms with E-state index in [0.717, 1.165) is 0 Å². The zero-order chi connectivity index (χ0) is 29.6. The molecule has 0 unspecified atom stereocenters. The van der Waals surface area contributed by atoms with Gasteiger partial charge < -0.3 is 24.4 Å². The number of ketones is 1. The molecule has 0 bridgehead atoms. The smallest absolute Gasteiger partial charge is 0.296 e. The number of nitrogens with zero attached hydrogens (tertiary/aromatic N) is 4. The Balaban J connectivity index is 1.49. The minimum atomic E-state index is -3.93. The monoisotopic (exact) mass is 596 g/mol. The van der Waals surface area contributed by atoms with Crippen molar-refractivity contribution >= 4 is 39.1 Å². The van der Waals surface area contributed by atoms with Gasteiger partial charge in [0.05, 0.1) is 36.9 Å². The third-order valence-corrected chi connectivity index (χ3v) is 10.3. The number of hydrogen-bond acceptors (Lipinski definition) is 9. The SMILES string of the molecule is CN1C(=O)[C@]2(C(=C(O)c3cccc(S(=O)(=O)N4CCOCC4)c3)C(=O)C(=O)N2CCN2CCOCC2)c2ccccc21. The van der Waals surface area contributed by atoms with Crippen LogP contribution in [0.25, 0.3) is 5.76 Å². The van der Waals surface area contributed by atoms with Crippen LogP contribution in [-0.2, 0) is 39.4 Å². The number of anilines is 1. The fourth-order valence-electron chi connectivity index (χ4n) is 6.22. The third kappa shape index (κ3) is 4.34. The summed E-state index contributed by atoms with van der Waals surface area (Å²) in [7, 11) is -2.36. The molecule has 4 aliphatic heterocycles. The van der Waals surface area contributed by atoms with E-state index in [9.17, 15) is 27.9 Å². The van der Waals surface area contributed by atoms with Crippen LogP contribution in [0.5, 0.6) is 0 Å². The Morgan fingerprint density at radius 2 is 1.57 bits per heavy atom. The molecule has 0 radical (unpaired) electrons. The van der Waals surface area contributed by atoms with Gasteiger partial charge in [-0.2, -0.15) is 4.31 Å². The molecule has 13 heteroatoms. The molecule has 2 aromatic carbocycles. The summed E-state index contributed by atoms with van der Waals surface area (Å²) in [5, 5.41) is 11.8. The zero-order valence-electron chi connectivity index (χ0n) is 23.2. The van der Waals surface area contributed by atoms with Crippen molar-refractivity contribution < 1.29 is 37.4 Å². The molecule has 4 heterocycles. The molecule has 0 aliphatic carbocycles. The Kier molecular flexibility index (Phi) is 7.39. The number of para-hydroxylation sites is 1. The molecule has 222 valence electrons. The maximum Gasteiger partial charge on any atom is 0.296 e. The summed E-state index contributed by atoms with van der Waals surface area (Å²) in [6.45, 7) is 3.72. The number of Topliss-reactive ketones (excluding diaryl/α,β-unsaturated/α-hetero) is 1. The van der Waals surface area contributed by atoms with E-state index in [4.69, 9.17) is 9.47 Å². The van der Waals surface area contributed by atoms with Crippen LogP contribution in [0.4, 0.5) is 5.69 Å². The van der Waals surface area contributed by atoms with Gasteiger partial charge in [-0.05, 0) is 18.2 Å². The lowest BCUT2D eigenvalue weighted by atomic mass is 9.82. The number of fused-ring (bicyclic) bond motifs is 2. The van der Waals surface area contributed by atoms with E-state index >= 15 is 0 Å². The first kappa shape index (κ1) is 28.5. The van der Waals surface area contributed by atoms with Crippen LogP contribution in [0, 0.1) is 0 Å². The average molecular weight is 597 g/mol. The molecular formula is C29H32N4O8S. The van der Waals surface area contributed by atoms with Crippen LogP contribution in [-0.4, -0.2) is 118 Å². The molecule has 2 aromatic rings. The van der Waals surface area contributed by atoms with Gasteiger partial charge in [0, 0.05) is 63.1 Å². The fraction of sp³-hybridized carbons (Fsp3) is 0.414. The van der Waals surface area contributed by atoms with Crippen molar-refractivity contribution in [2.45, 2.75) is 10.4 Å². The topological polar surface area (TPSA) is 137 Å². The van der Waals surface area contributed by atoms with Crippen LogP contribution >= 0.6 is 0 Å². The van der Waals surface area contributed by atoms with E-state index in [2.05, 4.69) is 4.90 Å². The Morgan fingerprint density at radius 3 is 2.29 bits per heavy atom. The molecule has 12 nitrogen and oxygen atoms in total. The van der Waals surface area contributed by atoms with Gasteiger partial charge in [-0.15, -0.1) is 0 Å². The standard InChI is InChI=1S/C29H32N4O8S/c1-30-23-8-3-2-7-22(23)29(28(30)37)24(26(35)27(36)33(29)10-9-31-11-15-40-16-12-31)25(34)20-5-4-6-21(19-20)42(38,39)32-13-17-41-18-14-32/h2-8,19,34H,9-18H2,1H3/t29-/m1/s1. The Bertz CT molecular complexity index is 1580. The van der Waals surface area contributed by atoms with Crippen molar-refractivity contribution in [3.05, 3.63) is 65.2 Å². The van der Waals surface area contributed by atoms with E-state index in [1.165, 1.54) is 38.4 Å². The van der Waals surface area contributed by atoms with E-state index < -0.39 is 38.9 Å². The Labute approximate surface area is 243 Å². The van der Waals surface area contributed by atoms with Crippen molar-refractivity contribution in [3.8, 4) is 0 Å². The number of ether oxygens (including phenoxy) is 2. The van der Waals surface area contributed by atoms with Gasteiger partial charge >= 0.3 is 0 Å². The Hall–Kier alpha value is -3.62. The molecule has 1 atom stereocenters. The van der Waals surface area contributed by atoms with Gasteiger partial charge in [-0.1, -0.05) is 30.3 Å². The van der Waals surface area contributed by atoms with Crippen molar-refractivity contribution in [2.24, 2.45) is 0 Å². The summed E-state index contributed by atoms with van der Waals surface area (Å²) < 4.78 is 38.7. The van der Waals surface area contributed by atoms with Crippen molar-refractivity contribution in [2.75, 3.05) is 77.6 Å². The van der Waals surface area contributed by atoms with Gasteiger partial charge in [0.25, 0.3) is 17.6 Å². The number of aliphatic hydroxyl groups excluding tert-OH is 1. The first-order chi connectivity index (χ1) is 20.2. The molecule has 2 amide bonds. The van der Waals surface area contributed by atoms with Crippen LogP contribution < -0.4 is 4.90 Å². The summed E-state index contributed by atoms with van der Waals surface area (Å²) >= 11 is 0. The maximum atomic E-state index is 14.2. The number of sulfonamides is 1. The summed E-state index contributed by atoms with van der Waals surface area (Å²) in [6.07, 6.45) is 0. The minimum Gasteiger partial charge on any atom is -0.507 e. The number of aliphatic hydroxyl groups is 1. The lowest BCUT2D eigenvalue weighted by Gasteiger charge is -2.36. The number of benzene rings is 2. The van der Waals surface area contributed by atoms with Crippen LogP contribution in [0.3, 0.4) is 0 Å². The average Bonchev–Trinajstić information content (AvgIpc) is 3.38. The number of carbonyl (C=O) groups is 3. The van der Waals surface area contributed by atoms with Crippen molar-refractivity contribution in [1.82, 2.24) is 14.1 Å². The number of likely N-dealkylation sites (tertiary alicyclic amines) is 1. The minimum absolute atomic E-state index is 0.00900. The molecule has 1 N–H and O–H groups in total. The van der Waals surface area contributed by atoms with Gasteiger partial charge in [0.2, 0.25) is 10.0 Å². The number of likely N-dealkylation sites (N-methyl/N-ethyl adjacent to an activating group) is 1. The number of rotatable bonds is 6. The normalized spacial score (nSPS) is 25.0. The second-order valence-corrected chi connectivity index (χ2v) is 12.5. The van der Waals surface area contributed by atoms with E-state index in [1.807, 2.05) is 0 Å². The number of hydrogen-bond donors (Lipinski definition) is 1. The first-order valence-corrected chi connectivity index (χ1v) is 15.3. The van der Waals surface area contributed by atoms with Gasteiger partial charge in [-0.3, -0.25) is 19.3 Å². The molecule has 1 spiro atoms. The van der Waals surface area contributed by atoms with E-state index in [-0.39, 0.29) is 48.9 Å². The summed E-state index contributed by atoms with van der Waals surface area (Å²) in [5.41, 5.74) is -1.37. The quantitative estimate of drug-likeness (QED) is 0.289. The molecule has 3 saturated heterocycles. The number of amides is 2. The predicted molar refractivity (Wildman–Crippen MR) is 151 cm³/mol. The highest BCUT2D eigenvalue weighted by Gasteiger charge is 2.66. The van der Waals surface area contributed by atoms with Crippen molar-refractivity contribution in [3.63, 3.8) is 0 Å². The highest BCUT2D eigenvalue weighted by Crippen LogP contribution is 2.53. The second-order valence-electron chi connectivity index (χ2n) is 10.6. The number of morpholine rings is 2. The molecule has 4 aliphatic rings. The summed E-state index contributed by atoms with van der Waals surface area (Å²) in [5.74, 6) is -3.07. The van der Waals surface area contributed by atoms with E-state index in [1.54, 1.807) is 31.3 Å². The highest BCUT2D eigenvalue weighted by atomic mass is 32.2. The van der Waals surface area contributed by atoms with Crippen LogP contribution in [0.1, 0.15) is 11.1 Å². The second kappa shape index (κ2) is 10.9. The van der Waals surface area contributed by atoms with Crippen LogP contribution in [0.2, 0.25) is 0 Å². The van der Waals surface area contributed by atoms with Gasteiger partial charge in [0.15, 0.2) is 5.54 Å². The third-order valence-electron chi connectivity index (χ3n) is 8.40. The lowest BCUT2D eigenvalue weighted by molar-refractivity contribution is -0.144. The molecule has 0 aromatic heterocycles. The van der Waals surface area contributed by atoms with Crippen molar-refractivity contribution in [1.29, 1.82) is 0 Å². The predicted octanol–water partition coefficient (Wildman–Crippen LogP) is 0.592. The molecule has 42 heavy (non-hydrogen) atoms. The van der Waals surface area contributed by atoms with Gasteiger partial charge in [-0.25, -0.2) is 8.42 Å². The largest absolute Gasteiger partial charge is 0.507 e. The highest BCUT2D eigenvalue weighted by molar-refractivity contribution is 7.89. The van der Waals surface area contributed by atoms with Crippen LogP contribution in [0.15, 0.2) is 59.0 Å². The lowest BCUT2D eigenvalue weighted by Crippen LogP contribution is -2.53. The van der Waals surface area contributed by atoms with Gasteiger partial charge in [0.1, 0.15) is 5.76 Å². The fourth-order valence-corrected chi connectivity index (χ4v) is 7.68. The molecule has 0 saturated carbocycles. The maximum absolute atomic E-state index is 14.2. The zero-order valence-corrected chi connectivity index (χ0v) is 24.0. The first-order valence-electron chi connectivity index (χ1n) is 13.8. The van der Waals surface area contributed by atoms with E-state index in [0.29, 0.717) is 44.1 Å². The Morgan fingerprint density at radius 1 is 0.905 bits per heavy atom. The molecular weight excluding hydrogens is 564 g/mol. The summed E-state index contributed by atoms with van der Waals surface area (Å²) in [6, 6.07) is 12.5. The molecule has 3 fully saturated rings. The molecule has 6 rings (SSSR count). The number of carbonyl (C=O) groups excluding carboxylic acids is 3. The summed E-state index contributed by atoms with van der Waals surface area (Å²) in [4.78, 5) is 46.3.